The van der Waals surface area contributed by atoms with E-state index in [0.29, 0.717) is 0 Å². The highest BCUT2D eigenvalue weighted by molar-refractivity contribution is 5.75. The molecule has 0 saturated carbocycles. The van der Waals surface area contributed by atoms with Crippen molar-refractivity contribution in [1.29, 1.82) is 0 Å². The van der Waals surface area contributed by atoms with Crippen LogP contribution in [0.3, 0.4) is 0 Å². The summed E-state index contributed by atoms with van der Waals surface area (Å²) in [6.45, 7) is -7.78. The van der Waals surface area contributed by atoms with Crippen molar-refractivity contribution < 1.29 is 223 Å². The molecule has 43 atom stereocenters. The first-order valence-electron chi connectivity index (χ1n) is 31.9. The molecule has 9 aliphatic heterocycles. The number of carbonyl (C=O) groups excluding carboxylic acids is 1. The zero-order valence-corrected chi connectivity index (χ0v) is 53.0. The molecule has 9 fully saturated rings. The molecule has 0 aliphatic carbocycles. The summed E-state index contributed by atoms with van der Waals surface area (Å²) in [6.07, 6.45) is -92.9. The van der Waals surface area contributed by atoms with Crippen molar-refractivity contribution >= 4 is 11.9 Å². The summed E-state index contributed by atoms with van der Waals surface area (Å²) in [5, 5.41) is 300. The number of carboxylic acid groups (broad SMARTS) is 1. The average Bonchev–Trinajstić information content (AvgIpc) is 0.750. The van der Waals surface area contributed by atoms with Crippen LogP contribution in [0.15, 0.2) is 0 Å². The van der Waals surface area contributed by atoms with Crippen molar-refractivity contribution in [3.63, 3.8) is 0 Å². The molecule has 46 heteroatoms. The van der Waals surface area contributed by atoms with Gasteiger partial charge in [-0.1, -0.05) is 0 Å². The Bertz CT molecular complexity index is 2610. The number of ether oxygens (including phenoxy) is 16. The Morgan fingerprint density at radius 3 is 1.40 bits per heavy atom. The fourth-order valence-electron chi connectivity index (χ4n) is 13.2. The molecule has 0 spiro atoms. The molecule has 0 aromatic heterocycles. The maximum Gasteiger partial charge on any atom is 0.364 e. The first kappa shape index (κ1) is 82.3. The maximum absolute atomic E-state index is 12.9. The van der Waals surface area contributed by atoms with Crippen LogP contribution < -0.4 is 5.32 Å². The summed E-state index contributed by atoms with van der Waals surface area (Å²) < 4.78 is 93.8. The molecule has 46 nitrogen and oxygen atoms in total. The second-order valence-corrected chi connectivity index (χ2v) is 25.7. The molecular formula is C55H91NO45. The SMILES string of the molecule is CC(=O)N[C@H]1[C@@H](OC[C@H](O)[C@H]2O[C@H](O[C@@H]3[C@@H](O[C@@H]4[C@H](O)[C@@H](O[C@H]5[C@@H]6O[C@@](O)(C(=O)O)C[C@H]5OC[C@H]6O)O[C@H]([C@H](CO)O[C@H]5O[C@H](CO)[C@@H](O)[C@H](O)[C@H]5O)[C@H]4O[C@@H]4O[C@H](CO)[C@@H](O)[C@H](O)[C@H]4O)O[C@H]([C@@H](O)CO)[C@@H](O)[C@@H]3O)[C@@H](O)[C@@H](O[C@@H]3O[C@H](CO)[C@H](O)[C@H](O)[C@H]3O)[C@@H]2O)O[C@H](CO)[C@@H](O)[C@@H]1O. The van der Waals surface area contributed by atoms with Gasteiger partial charge in [0.15, 0.2) is 44.0 Å². The van der Waals surface area contributed by atoms with Crippen molar-refractivity contribution in [3.05, 3.63) is 0 Å². The second kappa shape index (κ2) is 34.7. The van der Waals surface area contributed by atoms with Gasteiger partial charge in [0.1, 0.15) is 207 Å². The quantitative estimate of drug-likeness (QED) is 0.0382. The van der Waals surface area contributed by atoms with Crippen LogP contribution in [0.5, 0.6) is 0 Å². The number of rotatable bonds is 26. The molecule has 0 radical (unpaired) electrons. The van der Waals surface area contributed by atoms with Crippen molar-refractivity contribution in [1.82, 2.24) is 5.32 Å². The van der Waals surface area contributed by atoms with Gasteiger partial charge < -0.3 is 219 Å². The van der Waals surface area contributed by atoms with Gasteiger partial charge in [0, 0.05) is 13.3 Å². The second-order valence-electron chi connectivity index (χ2n) is 25.7. The minimum atomic E-state index is -3.09. The number of hydrogen-bond donors (Lipinski definition) is 28. The Balaban J connectivity index is 1.14. The lowest BCUT2D eigenvalue weighted by atomic mass is 9.89. The summed E-state index contributed by atoms with van der Waals surface area (Å²) >= 11 is 0. The summed E-state index contributed by atoms with van der Waals surface area (Å²) in [7, 11) is 0. The van der Waals surface area contributed by atoms with Crippen molar-refractivity contribution in [2.24, 2.45) is 0 Å². The van der Waals surface area contributed by atoms with Gasteiger partial charge in [0.25, 0.3) is 5.79 Å². The van der Waals surface area contributed by atoms with Gasteiger partial charge in [-0.25, -0.2) is 4.79 Å². The molecule has 28 N–H and O–H groups in total. The summed E-state index contributed by atoms with van der Waals surface area (Å²) in [5.74, 6) is -5.91. The van der Waals surface area contributed by atoms with Gasteiger partial charge in [0.2, 0.25) is 5.91 Å². The molecule has 0 aromatic rings. The molecule has 1 amide bonds. The van der Waals surface area contributed by atoms with E-state index in [-0.39, 0.29) is 0 Å². The van der Waals surface area contributed by atoms with E-state index in [9.17, 15) is 147 Å². The Hall–Kier alpha value is -2.74. The third-order valence-electron chi connectivity index (χ3n) is 18.9. The van der Waals surface area contributed by atoms with Gasteiger partial charge in [-0.3, -0.25) is 4.79 Å². The van der Waals surface area contributed by atoms with E-state index < -0.39 is 335 Å². The van der Waals surface area contributed by atoms with Crippen LogP contribution >= 0.6 is 0 Å². The molecule has 9 heterocycles. The monoisotopic (exact) mass is 1490 g/mol. The Morgan fingerprint density at radius 1 is 0.446 bits per heavy atom. The standard InChI is InChI=1S/C55H91NO45/c1-11(63)56-21-26(71)22(67)16(4-58)88-47(21)87-10-13(65)39-35(80)43(97-49-33(78)28(73)24(69)18(6-60)90-49)36(81)51(93-39)99-45-31(76)30(75)38(12(64)3-57)94-53(45)98-44-37(82)52(95-41-15-2-55(85,54(83)84)101-40(41)14(66)9-86-15)96-42(46(44)100-50-34(79)29(74)25(70)19(7-61)91-50)20(8-62)92-48-32(77)27(72)23(68)17(5-59)89-48/h12-53,57-62,64-82,85H,2-10H2,1H3,(H,56,63)(H,83,84)/t12-,13-,14+,15+,16+,17+,18+,19+,20-,21+,22+,23+,24-,25+,26+,27-,28-,29-,30-,31-,32+,33+,34+,35+,36-,37-,38+,39+,40+,41+,42+,43-,44+,45-,46+,47-,48+,49-,50-,51+,52-,53+,55+/m0/s1. The van der Waals surface area contributed by atoms with Crippen LogP contribution in [0.25, 0.3) is 0 Å². The Morgan fingerprint density at radius 2 is 0.881 bits per heavy atom. The van der Waals surface area contributed by atoms with Gasteiger partial charge in [0.05, 0.1) is 59.0 Å². The number of nitrogens with one attached hydrogen (secondary N) is 1. The Kier molecular flexibility index (Phi) is 28.2. The lowest BCUT2D eigenvalue weighted by Crippen LogP contribution is -2.71. The van der Waals surface area contributed by atoms with Crippen molar-refractivity contribution in [3.8, 4) is 0 Å². The van der Waals surface area contributed by atoms with E-state index >= 15 is 0 Å². The third-order valence-corrected chi connectivity index (χ3v) is 18.9. The normalized spacial score (nSPS) is 50.8. The van der Waals surface area contributed by atoms with E-state index in [2.05, 4.69) is 5.32 Å². The zero-order valence-electron chi connectivity index (χ0n) is 53.0. The van der Waals surface area contributed by atoms with Crippen LogP contribution in [0, 0.1) is 0 Å². The zero-order chi connectivity index (χ0) is 74.3. The predicted molar refractivity (Wildman–Crippen MR) is 302 cm³/mol. The first-order chi connectivity index (χ1) is 47.7. The Labute approximate surface area is 569 Å². The molecule has 0 aromatic carbocycles. The molecule has 9 saturated heterocycles. The average molecular weight is 1490 g/mol. The van der Waals surface area contributed by atoms with Crippen LogP contribution in [-0.2, 0) is 85.4 Å². The van der Waals surface area contributed by atoms with Crippen molar-refractivity contribution in [2.45, 2.75) is 277 Å². The lowest BCUT2D eigenvalue weighted by molar-refractivity contribution is -0.423. The first-order valence-corrected chi connectivity index (χ1v) is 31.9. The molecule has 586 valence electrons. The maximum atomic E-state index is 12.9. The predicted octanol–water partition coefficient (Wildman–Crippen LogP) is -19.3. The molecule has 9 rings (SSSR count). The van der Waals surface area contributed by atoms with Crippen LogP contribution in [0.1, 0.15) is 13.3 Å². The summed E-state index contributed by atoms with van der Waals surface area (Å²) in [5.41, 5.74) is 0. The summed E-state index contributed by atoms with van der Waals surface area (Å²) in [4.78, 5) is 24.6. The van der Waals surface area contributed by atoms with E-state index in [4.69, 9.17) is 75.8 Å². The van der Waals surface area contributed by atoms with Crippen LogP contribution in [0.2, 0.25) is 0 Å². The highest BCUT2D eigenvalue weighted by atomic mass is 16.8. The van der Waals surface area contributed by atoms with E-state index in [1.54, 1.807) is 0 Å². The largest absolute Gasteiger partial charge is 0.477 e. The number of aliphatic hydroxyl groups is 26. The fourth-order valence-corrected chi connectivity index (χ4v) is 13.2. The van der Waals surface area contributed by atoms with E-state index in [0.717, 1.165) is 6.92 Å². The number of amides is 1. The molecule has 9 aliphatic rings. The number of carbonyl (C=O) groups is 2. The van der Waals surface area contributed by atoms with Gasteiger partial charge in [-0.15, -0.1) is 0 Å². The number of aliphatic carboxylic acids is 1. The van der Waals surface area contributed by atoms with Gasteiger partial charge in [-0.05, 0) is 0 Å². The lowest BCUT2D eigenvalue weighted by Gasteiger charge is -2.53. The summed E-state index contributed by atoms with van der Waals surface area (Å²) in [6, 6.07) is -1.67. The topological polar surface area (TPSA) is 740 Å². The van der Waals surface area contributed by atoms with Gasteiger partial charge in [-0.2, -0.15) is 0 Å². The molecule has 101 heavy (non-hydrogen) atoms. The number of aliphatic hydroxyl groups excluding tert-OH is 25. The van der Waals surface area contributed by atoms with E-state index in [1.807, 2.05) is 0 Å². The molecule has 0 unspecified atom stereocenters. The number of hydrogen-bond acceptors (Lipinski definition) is 44. The third kappa shape index (κ3) is 17.1. The highest BCUT2D eigenvalue weighted by Crippen LogP contribution is 2.43. The molecular weight excluding hydrogens is 1390 g/mol. The van der Waals surface area contributed by atoms with Gasteiger partial charge >= 0.3 is 5.97 Å². The fraction of sp³-hybridized carbons (Fsp3) is 0.964. The van der Waals surface area contributed by atoms with Crippen LogP contribution in [0.4, 0.5) is 0 Å². The highest BCUT2D eigenvalue weighted by Gasteiger charge is 2.63. The molecule has 2 bridgehead atoms. The van der Waals surface area contributed by atoms with Crippen LogP contribution in [-0.4, -0.2) is 466 Å². The number of carboxylic acids is 1. The minimum absolute atomic E-state index is 0.609. The number of fused-ring (bicyclic) bond motifs is 2. The minimum Gasteiger partial charge on any atom is -0.477 e. The van der Waals surface area contributed by atoms with E-state index in [1.165, 1.54) is 0 Å². The smallest absolute Gasteiger partial charge is 0.364 e. The van der Waals surface area contributed by atoms with Crippen molar-refractivity contribution in [2.75, 3.05) is 52.9 Å².